The maximum Gasteiger partial charge on any atom is 0.319 e. The number of carbonyl (C=O) groups excluding carboxylic acids is 1. The highest BCUT2D eigenvalue weighted by atomic mass is 35.5. The number of hydrogen-bond acceptors (Lipinski definition) is 2. The second kappa shape index (κ2) is 8.25. The Hall–Kier alpha value is -1.26. The molecule has 1 aliphatic rings. The number of anilines is 1. The van der Waals surface area contributed by atoms with Gasteiger partial charge in [-0.1, -0.05) is 11.6 Å². The van der Waals surface area contributed by atoms with Crippen molar-refractivity contribution in [2.75, 3.05) is 18.5 Å². The molecular formula is C16H23ClN2O2. The molecule has 0 radical (unpaired) electrons. The van der Waals surface area contributed by atoms with Crippen molar-refractivity contribution in [3.8, 4) is 0 Å². The molecule has 2 N–H and O–H groups in total. The highest BCUT2D eigenvalue weighted by Gasteiger charge is 2.14. The molecule has 1 aromatic carbocycles. The molecule has 116 valence electrons. The molecule has 1 aromatic rings. The Morgan fingerprint density at radius 2 is 2.29 bits per heavy atom. The van der Waals surface area contributed by atoms with E-state index in [9.17, 15) is 4.79 Å². The summed E-state index contributed by atoms with van der Waals surface area (Å²) in [6.45, 7) is 3.51. The van der Waals surface area contributed by atoms with Crippen LogP contribution in [0.15, 0.2) is 18.2 Å². The van der Waals surface area contributed by atoms with Gasteiger partial charge in [0.2, 0.25) is 0 Å². The zero-order valence-electron chi connectivity index (χ0n) is 12.5. The third kappa shape index (κ3) is 5.56. The molecule has 0 unspecified atom stereocenters. The first-order valence-corrected chi connectivity index (χ1v) is 7.95. The Balaban J connectivity index is 1.60. The minimum atomic E-state index is -0.169. The molecule has 0 saturated carbocycles. The molecule has 0 spiro atoms. The number of hydrogen-bond donors (Lipinski definition) is 2. The Kier molecular flexibility index (Phi) is 6.33. The molecule has 0 aliphatic carbocycles. The van der Waals surface area contributed by atoms with Gasteiger partial charge < -0.3 is 15.4 Å². The number of amides is 2. The number of nitrogens with one attached hydrogen (secondary N) is 2. The quantitative estimate of drug-likeness (QED) is 0.777. The molecular weight excluding hydrogens is 288 g/mol. The maximum absolute atomic E-state index is 11.8. The van der Waals surface area contributed by atoms with E-state index < -0.39 is 0 Å². The van der Waals surface area contributed by atoms with Crippen molar-refractivity contribution in [3.05, 3.63) is 28.8 Å². The number of urea groups is 1. The van der Waals surface area contributed by atoms with Gasteiger partial charge in [-0.25, -0.2) is 4.79 Å². The van der Waals surface area contributed by atoms with Gasteiger partial charge in [0, 0.05) is 23.9 Å². The molecule has 1 saturated heterocycles. The predicted octanol–water partition coefficient (Wildman–Crippen LogP) is 4.12. The lowest BCUT2D eigenvalue weighted by Gasteiger charge is -2.11. The number of halogens is 1. The van der Waals surface area contributed by atoms with Crippen LogP contribution in [-0.2, 0) is 4.74 Å². The van der Waals surface area contributed by atoms with Gasteiger partial charge >= 0.3 is 6.03 Å². The Bertz CT molecular complexity index is 473. The molecule has 21 heavy (non-hydrogen) atoms. The van der Waals surface area contributed by atoms with Gasteiger partial charge in [-0.05, 0) is 62.8 Å². The summed E-state index contributed by atoms with van der Waals surface area (Å²) in [6, 6.07) is 5.25. The van der Waals surface area contributed by atoms with Crippen LogP contribution in [0.3, 0.4) is 0 Å². The van der Waals surface area contributed by atoms with Gasteiger partial charge in [0.25, 0.3) is 0 Å². The molecule has 1 fully saturated rings. The number of benzene rings is 1. The van der Waals surface area contributed by atoms with Crippen LogP contribution >= 0.6 is 11.6 Å². The minimum Gasteiger partial charge on any atom is -0.378 e. The number of aryl methyl sites for hydroxylation is 1. The predicted molar refractivity (Wildman–Crippen MR) is 86.0 cm³/mol. The molecule has 2 rings (SSSR count). The van der Waals surface area contributed by atoms with E-state index in [1.54, 1.807) is 6.07 Å². The molecule has 2 amide bonds. The third-order valence-electron chi connectivity index (χ3n) is 3.70. The van der Waals surface area contributed by atoms with E-state index in [4.69, 9.17) is 16.3 Å². The molecule has 1 aliphatic heterocycles. The Labute approximate surface area is 131 Å². The zero-order chi connectivity index (χ0) is 15.1. The van der Waals surface area contributed by atoms with E-state index in [1.165, 1.54) is 12.8 Å². The van der Waals surface area contributed by atoms with Gasteiger partial charge in [0.1, 0.15) is 0 Å². The normalized spacial score (nSPS) is 17.7. The molecule has 4 nitrogen and oxygen atoms in total. The van der Waals surface area contributed by atoms with E-state index in [-0.39, 0.29) is 6.03 Å². The summed E-state index contributed by atoms with van der Waals surface area (Å²) in [5, 5.41) is 6.38. The Morgan fingerprint density at radius 3 is 3.00 bits per heavy atom. The van der Waals surface area contributed by atoms with Crippen molar-refractivity contribution in [1.82, 2.24) is 5.32 Å². The smallest absolute Gasteiger partial charge is 0.319 e. The standard InChI is InChI=1S/C16H23ClN2O2/c1-12-11-13(17)7-8-15(12)19-16(20)18-9-3-2-5-14-6-4-10-21-14/h7-8,11,14H,2-6,9-10H2,1H3,(H2,18,19,20)/t14-/m1/s1. The fourth-order valence-electron chi connectivity index (χ4n) is 2.50. The van der Waals surface area contributed by atoms with Crippen molar-refractivity contribution >= 4 is 23.3 Å². The summed E-state index contributed by atoms with van der Waals surface area (Å²) >= 11 is 5.89. The van der Waals surface area contributed by atoms with Crippen molar-refractivity contribution in [2.24, 2.45) is 0 Å². The lowest BCUT2D eigenvalue weighted by Crippen LogP contribution is -2.29. The summed E-state index contributed by atoms with van der Waals surface area (Å²) in [7, 11) is 0. The van der Waals surface area contributed by atoms with Crippen LogP contribution in [0.4, 0.5) is 10.5 Å². The second-order valence-corrected chi connectivity index (χ2v) is 5.91. The average molecular weight is 311 g/mol. The fourth-order valence-corrected chi connectivity index (χ4v) is 2.73. The summed E-state index contributed by atoms with van der Waals surface area (Å²) in [5.74, 6) is 0. The second-order valence-electron chi connectivity index (χ2n) is 5.47. The van der Waals surface area contributed by atoms with E-state index in [1.807, 2.05) is 19.1 Å². The van der Waals surface area contributed by atoms with Gasteiger partial charge in [-0.3, -0.25) is 0 Å². The monoisotopic (exact) mass is 310 g/mol. The number of rotatable bonds is 6. The van der Waals surface area contributed by atoms with Gasteiger partial charge in [0.05, 0.1) is 6.10 Å². The van der Waals surface area contributed by atoms with Crippen LogP contribution in [-0.4, -0.2) is 25.3 Å². The van der Waals surface area contributed by atoms with Gasteiger partial charge in [-0.2, -0.15) is 0 Å². The largest absolute Gasteiger partial charge is 0.378 e. The minimum absolute atomic E-state index is 0.169. The van der Waals surface area contributed by atoms with Crippen LogP contribution in [0.25, 0.3) is 0 Å². The number of unbranched alkanes of at least 4 members (excludes halogenated alkanes) is 1. The first-order chi connectivity index (χ1) is 10.1. The third-order valence-corrected chi connectivity index (χ3v) is 3.93. The fraction of sp³-hybridized carbons (Fsp3) is 0.562. The molecule has 1 atom stereocenters. The van der Waals surface area contributed by atoms with Crippen LogP contribution in [0.1, 0.15) is 37.7 Å². The lowest BCUT2D eigenvalue weighted by molar-refractivity contribution is 0.102. The van der Waals surface area contributed by atoms with Crippen molar-refractivity contribution in [3.63, 3.8) is 0 Å². The van der Waals surface area contributed by atoms with Gasteiger partial charge in [-0.15, -0.1) is 0 Å². The van der Waals surface area contributed by atoms with Crippen LogP contribution in [0.2, 0.25) is 5.02 Å². The zero-order valence-corrected chi connectivity index (χ0v) is 13.2. The number of ether oxygens (including phenoxy) is 1. The topological polar surface area (TPSA) is 50.4 Å². The van der Waals surface area contributed by atoms with Crippen molar-refractivity contribution < 1.29 is 9.53 Å². The van der Waals surface area contributed by atoms with E-state index in [2.05, 4.69) is 10.6 Å². The van der Waals surface area contributed by atoms with Crippen molar-refractivity contribution in [1.29, 1.82) is 0 Å². The van der Waals surface area contributed by atoms with E-state index in [0.29, 0.717) is 17.7 Å². The van der Waals surface area contributed by atoms with E-state index in [0.717, 1.165) is 37.1 Å². The summed E-state index contributed by atoms with van der Waals surface area (Å²) < 4.78 is 5.57. The van der Waals surface area contributed by atoms with Gasteiger partial charge in [0.15, 0.2) is 0 Å². The maximum atomic E-state index is 11.8. The lowest BCUT2D eigenvalue weighted by atomic mass is 10.1. The molecule has 0 aromatic heterocycles. The molecule has 0 bridgehead atoms. The van der Waals surface area contributed by atoms with Crippen molar-refractivity contribution in [2.45, 2.75) is 45.1 Å². The highest BCUT2D eigenvalue weighted by Crippen LogP contribution is 2.19. The highest BCUT2D eigenvalue weighted by molar-refractivity contribution is 6.30. The SMILES string of the molecule is Cc1cc(Cl)ccc1NC(=O)NCCCC[C@@H]1CCCO1. The van der Waals surface area contributed by atoms with Crippen LogP contribution < -0.4 is 10.6 Å². The Morgan fingerprint density at radius 1 is 1.43 bits per heavy atom. The summed E-state index contributed by atoms with van der Waals surface area (Å²) in [5.41, 5.74) is 1.74. The molecule has 1 heterocycles. The average Bonchev–Trinajstić information content (AvgIpc) is 2.95. The molecule has 5 heteroatoms. The van der Waals surface area contributed by atoms with Crippen LogP contribution in [0.5, 0.6) is 0 Å². The van der Waals surface area contributed by atoms with Crippen LogP contribution in [0, 0.1) is 6.92 Å². The summed E-state index contributed by atoms with van der Waals surface area (Å²) in [6.07, 6.45) is 5.97. The first kappa shape index (κ1) is 16.1. The van der Waals surface area contributed by atoms with E-state index >= 15 is 0 Å². The number of carbonyl (C=O) groups is 1. The summed E-state index contributed by atoms with van der Waals surface area (Å²) in [4.78, 5) is 11.8. The first-order valence-electron chi connectivity index (χ1n) is 7.58.